The second-order valence-corrected chi connectivity index (χ2v) is 6.42. The molecule has 0 bridgehead atoms. The van der Waals surface area contributed by atoms with Crippen molar-refractivity contribution in [1.29, 1.82) is 0 Å². The highest BCUT2D eigenvalue weighted by molar-refractivity contribution is 7.98. The monoisotopic (exact) mass is 260 g/mol. The Morgan fingerprint density at radius 2 is 1.94 bits per heavy atom. The van der Waals surface area contributed by atoms with Crippen molar-refractivity contribution in [1.82, 2.24) is 4.90 Å². The summed E-state index contributed by atoms with van der Waals surface area (Å²) in [6.45, 7) is 7.33. The van der Waals surface area contributed by atoms with E-state index in [-0.39, 0.29) is 5.54 Å². The topological polar surface area (TPSA) is 38.5 Å². The summed E-state index contributed by atoms with van der Waals surface area (Å²) >= 11 is 1.90. The second-order valence-electron chi connectivity index (χ2n) is 5.51. The van der Waals surface area contributed by atoms with E-state index < -0.39 is 0 Å². The molecular weight excluding hydrogens is 232 g/mol. The molecule has 2 N–H and O–H groups in total. The molecule has 1 rings (SSSR count). The molecule has 1 aliphatic heterocycles. The van der Waals surface area contributed by atoms with E-state index >= 15 is 0 Å². The van der Waals surface area contributed by atoms with E-state index in [1.165, 1.54) is 0 Å². The van der Waals surface area contributed by atoms with Gasteiger partial charge >= 0.3 is 0 Å². The van der Waals surface area contributed by atoms with Crippen LogP contribution in [0.25, 0.3) is 0 Å². The first-order chi connectivity index (χ1) is 7.95. The largest absolute Gasteiger partial charge is 0.375 e. The first-order valence-electron chi connectivity index (χ1n) is 6.52. The van der Waals surface area contributed by atoms with Gasteiger partial charge in [0.25, 0.3) is 0 Å². The number of likely N-dealkylation sites (N-methyl/N-ethyl adjacent to an activating group) is 1. The van der Waals surface area contributed by atoms with Gasteiger partial charge < -0.3 is 10.5 Å². The number of hydrogen-bond donors (Lipinski definition) is 1. The van der Waals surface area contributed by atoms with Gasteiger partial charge in [-0.15, -0.1) is 0 Å². The van der Waals surface area contributed by atoms with Crippen LogP contribution in [0.4, 0.5) is 0 Å². The third kappa shape index (κ3) is 3.60. The molecule has 1 aliphatic rings. The number of nitrogens with zero attached hydrogens (tertiary/aromatic N) is 1. The molecule has 0 radical (unpaired) electrons. The van der Waals surface area contributed by atoms with Gasteiger partial charge in [-0.2, -0.15) is 11.8 Å². The molecule has 0 aromatic rings. The Kier molecular flexibility index (Phi) is 5.77. The van der Waals surface area contributed by atoms with Crippen LogP contribution < -0.4 is 5.73 Å². The molecule has 3 nitrogen and oxygen atoms in total. The molecule has 3 unspecified atom stereocenters. The zero-order chi connectivity index (χ0) is 13.1. The predicted octanol–water partition coefficient (Wildman–Crippen LogP) is 1.95. The van der Waals surface area contributed by atoms with Crippen molar-refractivity contribution in [3.63, 3.8) is 0 Å². The molecule has 0 aliphatic carbocycles. The van der Waals surface area contributed by atoms with Crippen molar-refractivity contribution in [2.45, 2.75) is 57.4 Å². The zero-order valence-corrected chi connectivity index (χ0v) is 12.7. The lowest BCUT2D eigenvalue weighted by Crippen LogP contribution is -2.61. The molecule has 1 saturated heterocycles. The minimum Gasteiger partial charge on any atom is -0.375 e. The van der Waals surface area contributed by atoms with Crippen LogP contribution in [0.15, 0.2) is 0 Å². The van der Waals surface area contributed by atoms with Gasteiger partial charge in [-0.05, 0) is 46.9 Å². The van der Waals surface area contributed by atoms with E-state index in [2.05, 4.69) is 39.0 Å². The van der Waals surface area contributed by atoms with E-state index in [1.807, 2.05) is 11.8 Å². The van der Waals surface area contributed by atoms with Gasteiger partial charge in [0, 0.05) is 23.9 Å². The minimum atomic E-state index is 0.117. The Morgan fingerprint density at radius 3 is 2.35 bits per heavy atom. The highest BCUT2D eigenvalue weighted by Crippen LogP contribution is 2.34. The normalized spacial score (nSPS) is 36.2. The quantitative estimate of drug-likeness (QED) is 0.820. The van der Waals surface area contributed by atoms with Gasteiger partial charge in [0.05, 0.1) is 12.2 Å². The Labute approximate surface area is 110 Å². The Bertz CT molecular complexity index is 227. The Morgan fingerprint density at radius 1 is 1.41 bits per heavy atom. The standard InChI is InChI=1S/C13H28N2OS/c1-10(8-17-5)15(4)13(9-14)6-11(2)16-12(3)7-13/h10-12H,6-9,14H2,1-5H3. The van der Waals surface area contributed by atoms with Gasteiger partial charge in [-0.1, -0.05) is 0 Å². The SMILES string of the molecule is CSCC(C)N(C)C1(CN)CC(C)OC(C)C1. The van der Waals surface area contributed by atoms with E-state index in [0.29, 0.717) is 18.2 Å². The number of hydrogen-bond acceptors (Lipinski definition) is 4. The Balaban J connectivity index is 2.79. The lowest BCUT2D eigenvalue weighted by molar-refractivity contribution is -0.103. The van der Waals surface area contributed by atoms with Crippen LogP contribution in [0, 0.1) is 0 Å². The summed E-state index contributed by atoms with van der Waals surface area (Å²) in [5.74, 6) is 1.15. The maximum Gasteiger partial charge on any atom is 0.0568 e. The number of nitrogens with two attached hydrogens (primary N) is 1. The van der Waals surface area contributed by atoms with Gasteiger partial charge in [0.2, 0.25) is 0 Å². The summed E-state index contributed by atoms with van der Waals surface area (Å²) in [6.07, 6.45) is 4.87. The van der Waals surface area contributed by atoms with Crippen molar-refractivity contribution < 1.29 is 4.74 Å². The van der Waals surface area contributed by atoms with Gasteiger partial charge in [0.1, 0.15) is 0 Å². The highest BCUT2D eigenvalue weighted by atomic mass is 32.2. The first-order valence-corrected chi connectivity index (χ1v) is 7.92. The first kappa shape index (κ1) is 15.3. The molecule has 1 heterocycles. The van der Waals surface area contributed by atoms with Crippen LogP contribution in [0.1, 0.15) is 33.6 Å². The third-order valence-electron chi connectivity index (χ3n) is 4.00. The van der Waals surface area contributed by atoms with E-state index in [9.17, 15) is 0 Å². The summed E-state index contributed by atoms with van der Waals surface area (Å²) in [6, 6.07) is 0.561. The maximum absolute atomic E-state index is 6.09. The molecule has 3 atom stereocenters. The van der Waals surface area contributed by atoms with Crippen LogP contribution in [0.5, 0.6) is 0 Å². The lowest BCUT2D eigenvalue weighted by Gasteiger charge is -2.50. The number of thioether (sulfide) groups is 1. The van der Waals surface area contributed by atoms with E-state index in [0.717, 1.165) is 25.1 Å². The van der Waals surface area contributed by atoms with Crippen LogP contribution in [0.2, 0.25) is 0 Å². The average molecular weight is 260 g/mol. The van der Waals surface area contributed by atoms with Crippen molar-refractivity contribution in [2.24, 2.45) is 5.73 Å². The molecular formula is C13H28N2OS. The van der Waals surface area contributed by atoms with Crippen LogP contribution in [0.3, 0.4) is 0 Å². The minimum absolute atomic E-state index is 0.117. The molecule has 0 aromatic carbocycles. The fourth-order valence-corrected chi connectivity index (χ4v) is 3.77. The van der Waals surface area contributed by atoms with Crippen LogP contribution in [-0.2, 0) is 4.74 Å². The van der Waals surface area contributed by atoms with Crippen molar-refractivity contribution in [3.05, 3.63) is 0 Å². The molecule has 1 fully saturated rings. The Hall–Kier alpha value is 0.230. The molecule has 0 amide bonds. The van der Waals surface area contributed by atoms with Crippen LogP contribution >= 0.6 is 11.8 Å². The van der Waals surface area contributed by atoms with E-state index in [4.69, 9.17) is 10.5 Å². The fourth-order valence-electron chi connectivity index (χ4n) is 3.07. The molecule has 0 spiro atoms. The van der Waals surface area contributed by atoms with Gasteiger partial charge in [-0.3, -0.25) is 4.90 Å². The average Bonchev–Trinajstić information content (AvgIpc) is 2.26. The third-order valence-corrected chi connectivity index (χ3v) is 4.81. The zero-order valence-electron chi connectivity index (χ0n) is 11.9. The summed E-state index contributed by atoms with van der Waals surface area (Å²) in [7, 11) is 2.22. The smallest absolute Gasteiger partial charge is 0.0568 e. The summed E-state index contributed by atoms with van der Waals surface area (Å²) in [4.78, 5) is 2.49. The summed E-state index contributed by atoms with van der Waals surface area (Å²) in [5.41, 5.74) is 6.21. The van der Waals surface area contributed by atoms with Crippen LogP contribution in [-0.4, -0.2) is 54.3 Å². The van der Waals surface area contributed by atoms with Crippen molar-refractivity contribution in [2.75, 3.05) is 25.6 Å². The maximum atomic E-state index is 6.09. The predicted molar refractivity (Wildman–Crippen MR) is 76.6 cm³/mol. The molecule has 17 heavy (non-hydrogen) atoms. The van der Waals surface area contributed by atoms with Crippen molar-refractivity contribution >= 4 is 11.8 Å². The molecule has 102 valence electrons. The number of rotatable bonds is 5. The lowest BCUT2D eigenvalue weighted by atomic mass is 9.82. The van der Waals surface area contributed by atoms with Gasteiger partial charge in [-0.25, -0.2) is 0 Å². The van der Waals surface area contributed by atoms with Crippen molar-refractivity contribution in [3.8, 4) is 0 Å². The van der Waals surface area contributed by atoms with Gasteiger partial charge in [0.15, 0.2) is 0 Å². The fraction of sp³-hybridized carbons (Fsp3) is 1.00. The number of ether oxygens (including phenoxy) is 1. The second kappa shape index (κ2) is 6.41. The highest BCUT2D eigenvalue weighted by Gasteiger charge is 2.42. The summed E-state index contributed by atoms with van der Waals surface area (Å²) < 4.78 is 5.85. The van der Waals surface area contributed by atoms with E-state index in [1.54, 1.807) is 0 Å². The summed E-state index contributed by atoms with van der Waals surface area (Å²) in [5, 5.41) is 0. The molecule has 4 heteroatoms. The molecule has 0 aromatic heterocycles. The molecule has 0 saturated carbocycles.